The summed E-state index contributed by atoms with van der Waals surface area (Å²) < 4.78 is 5.68. The van der Waals surface area contributed by atoms with Crippen LogP contribution in [0.25, 0.3) is 33.4 Å². The van der Waals surface area contributed by atoms with Gasteiger partial charge in [0.05, 0.1) is 34.8 Å². The highest BCUT2D eigenvalue weighted by molar-refractivity contribution is 5.93. The number of nitrogens with zero attached hydrogens (tertiary/aromatic N) is 3. The molecule has 0 saturated heterocycles. The first-order valence-corrected chi connectivity index (χ1v) is 8.35. The monoisotopic (exact) mass is 343 g/mol. The minimum absolute atomic E-state index is 0.0142. The molecule has 4 rings (SSSR count). The Balaban J connectivity index is 1.73. The van der Waals surface area contributed by atoms with E-state index in [0.717, 1.165) is 33.4 Å². The number of fused-ring (bicyclic) bond motifs is 1. The minimum atomic E-state index is 0.0142. The standard InChI is InChI=1S/C20H17N5O/c1-12(2)26-20-7-6-13(8-14(20)10-21)18-9-19(25-24-18)15-4-3-5-17-16(15)11-22-23-17/h3-9,11-12H,1-2H3,(H,22,23)(H,24,25). The number of aromatic nitrogens is 4. The van der Waals surface area contributed by atoms with Gasteiger partial charge in [0.25, 0.3) is 0 Å². The number of H-pyrrole nitrogens is 2. The molecule has 0 atom stereocenters. The lowest BCUT2D eigenvalue weighted by molar-refractivity contribution is 0.242. The lowest BCUT2D eigenvalue weighted by Crippen LogP contribution is -2.06. The van der Waals surface area contributed by atoms with Crippen molar-refractivity contribution < 1.29 is 4.74 Å². The summed E-state index contributed by atoms with van der Waals surface area (Å²) in [5, 5.41) is 25.0. The Morgan fingerprint density at radius 2 is 2.00 bits per heavy atom. The van der Waals surface area contributed by atoms with E-state index in [2.05, 4.69) is 26.5 Å². The molecule has 128 valence electrons. The van der Waals surface area contributed by atoms with E-state index in [4.69, 9.17) is 4.74 Å². The maximum Gasteiger partial charge on any atom is 0.137 e. The Morgan fingerprint density at radius 1 is 1.12 bits per heavy atom. The number of aromatic amines is 2. The van der Waals surface area contributed by atoms with Gasteiger partial charge < -0.3 is 4.74 Å². The van der Waals surface area contributed by atoms with Crippen LogP contribution in [0.4, 0.5) is 0 Å². The van der Waals surface area contributed by atoms with Crippen molar-refractivity contribution in [1.82, 2.24) is 20.4 Å². The van der Waals surface area contributed by atoms with Gasteiger partial charge in [0.15, 0.2) is 0 Å². The molecule has 6 nitrogen and oxygen atoms in total. The van der Waals surface area contributed by atoms with Crippen LogP contribution >= 0.6 is 0 Å². The fourth-order valence-corrected chi connectivity index (χ4v) is 2.94. The number of benzene rings is 2. The Labute approximate surface area is 150 Å². The van der Waals surface area contributed by atoms with Gasteiger partial charge in [0.2, 0.25) is 0 Å². The molecule has 2 aromatic heterocycles. The smallest absolute Gasteiger partial charge is 0.137 e. The van der Waals surface area contributed by atoms with Gasteiger partial charge >= 0.3 is 0 Å². The Kier molecular flexibility index (Phi) is 3.90. The number of hydrogen-bond acceptors (Lipinski definition) is 4. The van der Waals surface area contributed by atoms with Crippen molar-refractivity contribution in [3.63, 3.8) is 0 Å². The predicted molar refractivity (Wildman–Crippen MR) is 99.6 cm³/mol. The van der Waals surface area contributed by atoms with Crippen LogP contribution in [0.15, 0.2) is 48.7 Å². The summed E-state index contributed by atoms with van der Waals surface area (Å²) >= 11 is 0. The van der Waals surface area contributed by atoms with Gasteiger partial charge in [-0.15, -0.1) is 0 Å². The Bertz CT molecular complexity index is 1120. The van der Waals surface area contributed by atoms with Crippen LogP contribution < -0.4 is 4.74 Å². The third-order valence-electron chi connectivity index (χ3n) is 4.11. The summed E-state index contributed by atoms with van der Waals surface area (Å²) in [6.07, 6.45) is 1.82. The molecule has 2 N–H and O–H groups in total. The van der Waals surface area contributed by atoms with Crippen LogP contribution in [0.2, 0.25) is 0 Å². The molecule has 26 heavy (non-hydrogen) atoms. The molecule has 0 unspecified atom stereocenters. The highest BCUT2D eigenvalue weighted by Gasteiger charge is 2.12. The van der Waals surface area contributed by atoms with Gasteiger partial charge in [0.1, 0.15) is 11.8 Å². The zero-order valence-electron chi connectivity index (χ0n) is 14.4. The van der Waals surface area contributed by atoms with Crippen LogP contribution in [0, 0.1) is 11.3 Å². The summed E-state index contributed by atoms with van der Waals surface area (Å²) in [6, 6.07) is 15.7. The van der Waals surface area contributed by atoms with E-state index in [9.17, 15) is 5.26 Å². The molecule has 4 aromatic rings. The van der Waals surface area contributed by atoms with Crippen molar-refractivity contribution in [3.05, 3.63) is 54.2 Å². The molecule has 0 bridgehead atoms. The predicted octanol–water partition coefficient (Wildman–Crippen LogP) is 4.28. The number of ether oxygens (including phenoxy) is 1. The molecule has 0 aliphatic heterocycles. The molecule has 0 fully saturated rings. The normalized spacial score (nSPS) is 11.0. The van der Waals surface area contributed by atoms with Crippen LogP contribution in [-0.2, 0) is 0 Å². The number of hydrogen-bond donors (Lipinski definition) is 2. The van der Waals surface area contributed by atoms with Gasteiger partial charge in [-0.2, -0.15) is 15.5 Å². The topological polar surface area (TPSA) is 90.4 Å². The largest absolute Gasteiger partial charge is 0.490 e. The van der Waals surface area contributed by atoms with Gasteiger partial charge in [-0.25, -0.2) is 0 Å². The lowest BCUT2D eigenvalue weighted by atomic mass is 10.0. The average molecular weight is 343 g/mol. The zero-order chi connectivity index (χ0) is 18.1. The molecule has 2 aromatic carbocycles. The van der Waals surface area contributed by atoms with E-state index >= 15 is 0 Å². The molecule has 6 heteroatoms. The maximum atomic E-state index is 9.41. The fourth-order valence-electron chi connectivity index (χ4n) is 2.94. The molecular formula is C20H17N5O. The van der Waals surface area contributed by atoms with Crippen LogP contribution in [0.1, 0.15) is 19.4 Å². The second-order valence-corrected chi connectivity index (χ2v) is 6.29. The number of rotatable bonds is 4. The quantitative estimate of drug-likeness (QED) is 0.579. The molecule has 0 radical (unpaired) electrons. The summed E-state index contributed by atoms with van der Waals surface area (Å²) in [5.74, 6) is 0.588. The van der Waals surface area contributed by atoms with Gasteiger partial charge in [-0.3, -0.25) is 10.2 Å². The zero-order valence-corrected chi connectivity index (χ0v) is 14.4. The van der Waals surface area contributed by atoms with Crippen molar-refractivity contribution in [3.8, 4) is 34.3 Å². The third-order valence-corrected chi connectivity index (χ3v) is 4.11. The average Bonchev–Trinajstić information content (AvgIpc) is 3.30. The van der Waals surface area contributed by atoms with Crippen molar-refractivity contribution in [2.45, 2.75) is 20.0 Å². The molecule has 0 aliphatic rings. The molecule has 0 spiro atoms. The first-order valence-electron chi connectivity index (χ1n) is 8.35. The molecule has 0 aliphatic carbocycles. The third kappa shape index (κ3) is 2.80. The molecular weight excluding hydrogens is 326 g/mol. The van der Waals surface area contributed by atoms with Gasteiger partial charge in [-0.05, 0) is 44.2 Å². The minimum Gasteiger partial charge on any atom is -0.490 e. The van der Waals surface area contributed by atoms with E-state index in [0.29, 0.717) is 11.3 Å². The summed E-state index contributed by atoms with van der Waals surface area (Å²) in [6.45, 7) is 3.87. The number of nitriles is 1. The summed E-state index contributed by atoms with van der Waals surface area (Å²) in [5.41, 5.74) is 5.02. The highest BCUT2D eigenvalue weighted by Crippen LogP contribution is 2.31. The Hall–Kier alpha value is -3.59. The van der Waals surface area contributed by atoms with Gasteiger partial charge in [-0.1, -0.05) is 12.1 Å². The summed E-state index contributed by atoms with van der Waals surface area (Å²) in [4.78, 5) is 0. The van der Waals surface area contributed by atoms with Crippen LogP contribution in [0.3, 0.4) is 0 Å². The van der Waals surface area contributed by atoms with E-state index in [1.165, 1.54) is 0 Å². The van der Waals surface area contributed by atoms with E-state index in [1.54, 1.807) is 12.3 Å². The first-order chi connectivity index (χ1) is 12.7. The van der Waals surface area contributed by atoms with E-state index < -0.39 is 0 Å². The summed E-state index contributed by atoms with van der Waals surface area (Å²) in [7, 11) is 0. The molecule has 0 saturated carbocycles. The second-order valence-electron chi connectivity index (χ2n) is 6.29. The Morgan fingerprint density at radius 3 is 2.81 bits per heavy atom. The SMILES string of the molecule is CC(C)Oc1ccc(-c2cc(-c3cccc4[nH]ncc34)[nH]n2)cc1C#N. The maximum absolute atomic E-state index is 9.41. The van der Waals surface area contributed by atoms with Crippen LogP contribution in [-0.4, -0.2) is 26.5 Å². The van der Waals surface area contributed by atoms with E-state index in [1.807, 2.05) is 50.2 Å². The number of nitrogens with one attached hydrogen (secondary N) is 2. The van der Waals surface area contributed by atoms with Crippen molar-refractivity contribution in [2.75, 3.05) is 0 Å². The fraction of sp³-hybridized carbons (Fsp3) is 0.150. The molecule has 2 heterocycles. The lowest BCUT2D eigenvalue weighted by Gasteiger charge is -2.11. The van der Waals surface area contributed by atoms with Crippen molar-refractivity contribution in [1.29, 1.82) is 5.26 Å². The van der Waals surface area contributed by atoms with Crippen molar-refractivity contribution >= 4 is 10.9 Å². The van der Waals surface area contributed by atoms with Crippen LogP contribution in [0.5, 0.6) is 5.75 Å². The van der Waals surface area contributed by atoms with Crippen molar-refractivity contribution in [2.24, 2.45) is 0 Å². The van der Waals surface area contributed by atoms with E-state index in [-0.39, 0.29) is 6.10 Å². The molecule has 0 amide bonds. The second kappa shape index (κ2) is 6.37. The van der Waals surface area contributed by atoms with Gasteiger partial charge in [0, 0.05) is 16.5 Å². The highest BCUT2D eigenvalue weighted by atomic mass is 16.5. The first kappa shape index (κ1) is 15.9.